The van der Waals surface area contributed by atoms with Gasteiger partial charge in [-0.2, -0.15) is 0 Å². The first-order valence-electron chi connectivity index (χ1n) is 8.12. The molecular weight excluding hydrogens is 398 g/mol. The Morgan fingerprint density at radius 2 is 1.82 bits per heavy atom. The maximum atomic E-state index is 12.3. The Morgan fingerprint density at radius 3 is 2.43 bits per heavy atom. The van der Waals surface area contributed by atoms with Crippen LogP contribution in [0.2, 0.25) is 0 Å². The minimum absolute atomic E-state index is 0.117. The smallest absolute Gasteiger partial charge is 0.263 e. The molecule has 7 nitrogen and oxygen atoms in total. The van der Waals surface area contributed by atoms with E-state index in [1.807, 2.05) is 0 Å². The molecule has 2 aromatic carbocycles. The zero-order valence-corrected chi connectivity index (χ0v) is 16.5. The third-order valence-corrected chi connectivity index (χ3v) is 5.85. The van der Waals surface area contributed by atoms with E-state index in [-0.39, 0.29) is 10.7 Å². The zero-order valence-electron chi connectivity index (χ0n) is 14.8. The molecule has 0 saturated carbocycles. The molecule has 9 heteroatoms. The van der Waals surface area contributed by atoms with Crippen LogP contribution in [-0.2, 0) is 10.0 Å². The first kappa shape index (κ1) is 19.6. The molecule has 0 atom stereocenters. The molecule has 144 valence electrons. The first-order valence-corrected chi connectivity index (χ1v) is 10.5. The molecule has 3 rings (SSSR count). The summed E-state index contributed by atoms with van der Waals surface area (Å²) in [5.74, 6) is 0.514. The second-order valence-corrected chi connectivity index (χ2v) is 8.11. The van der Waals surface area contributed by atoms with E-state index in [9.17, 15) is 13.2 Å². The van der Waals surface area contributed by atoms with Gasteiger partial charge in [-0.3, -0.25) is 9.52 Å². The highest BCUT2D eigenvalue weighted by Crippen LogP contribution is 2.19. The minimum atomic E-state index is -3.69. The van der Waals surface area contributed by atoms with Crippen LogP contribution in [0.4, 0.5) is 10.8 Å². The van der Waals surface area contributed by atoms with E-state index in [1.54, 1.807) is 48.9 Å². The lowest BCUT2D eigenvalue weighted by atomic mass is 10.1. The highest BCUT2D eigenvalue weighted by Gasteiger charge is 2.15. The predicted molar refractivity (Wildman–Crippen MR) is 109 cm³/mol. The number of nitrogens with zero attached hydrogens (tertiary/aromatic N) is 1. The Morgan fingerprint density at radius 1 is 1.11 bits per heavy atom. The number of methoxy groups -OCH3 is 1. The maximum Gasteiger partial charge on any atom is 0.263 e. The number of anilines is 2. The van der Waals surface area contributed by atoms with Crippen molar-refractivity contribution in [3.63, 3.8) is 0 Å². The number of rotatable bonds is 8. The van der Waals surface area contributed by atoms with E-state index in [0.29, 0.717) is 22.1 Å². The average molecular weight is 415 g/mol. The van der Waals surface area contributed by atoms with Gasteiger partial charge in [-0.25, -0.2) is 13.4 Å². The van der Waals surface area contributed by atoms with E-state index in [2.05, 4.69) is 15.0 Å². The molecule has 0 amide bonds. The summed E-state index contributed by atoms with van der Waals surface area (Å²) in [6.45, 7) is 0. The van der Waals surface area contributed by atoms with Gasteiger partial charge in [0.05, 0.1) is 12.0 Å². The number of allylic oxidation sites excluding steroid dienone is 1. The number of aromatic nitrogens is 1. The molecule has 0 spiro atoms. The van der Waals surface area contributed by atoms with Crippen LogP contribution in [0.25, 0.3) is 0 Å². The van der Waals surface area contributed by atoms with Crippen molar-refractivity contribution in [3.05, 3.63) is 77.9 Å². The van der Waals surface area contributed by atoms with Gasteiger partial charge in [0.25, 0.3) is 10.0 Å². The summed E-state index contributed by atoms with van der Waals surface area (Å²) in [7, 11) is -2.13. The Labute approximate surface area is 166 Å². The molecule has 0 aliphatic carbocycles. The van der Waals surface area contributed by atoms with E-state index in [1.165, 1.54) is 41.9 Å². The maximum absolute atomic E-state index is 12.3. The Kier molecular flexibility index (Phi) is 6.07. The van der Waals surface area contributed by atoms with Gasteiger partial charge in [-0.1, -0.05) is 0 Å². The summed E-state index contributed by atoms with van der Waals surface area (Å²) in [6.07, 6.45) is 4.43. The number of carbonyl (C=O) groups is 1. The van der Waals surface area contributed by atoms with E-state index in [4.69, 9.17) is 4.74 Å². The van der Waals surface area contributed by atoms with Gasteiger partial charge in [0.1, 0.15) is 5.75 Å². The largest absolute Gasteiger partial charge is 0.497 e. The van der Waals surface area contributed by atoms with Gasteiger partial charge in [0.15, 0.2) is 10.9 Å². The van der Waals surface area contributed by atoms with E-state index < -0.39 is 10.0 Å². The summed E-state index contributed by atoms with van der Waals surface area (Å²) >= 11 is 1.20. The van der Waals surface area contributed by atoms with Crippen molar-refractivity contribution in [2.45, 2.75) is 4.90 Å². The molecule has 0 aliphatic rings. The molecule has 1 aromatic heterocycles. The number of hydrogen-bond donors (Lipinski definition) is 2. The number of ether oxygens (including phenoxy) is 1. The average Bonchev–Trinajstić information content (AvgIpc) is 3.20. The molecule has 28 heavy (non-hydrogen) atoms. The van der Waals surface area contributed by atoms with Crippen molar-refractivity contribution in [2.24, 2.45) is 0 Å². The van der Waals surface area contributed by atoms with Crippen LogP contribution in [-0.4, -0.2) is 26.3 Å². The summed E-state index contributed by atoms with van der Waals surface area (Å²) < 4.78 is 32.0. The molecule has 0 unspecified atom stereocenters. The molecule has 0 radical (unpaired) electrons. The first-order chi connectivity index (χ1) is 13.5. The van der Waals surface area contributed by atoms with Crippen LogP contribution < -0.4 is 14.8 Å². The van der Waals surface area contributed by atoms with Gasteiger partial charge < -0.3 is 10.1 Å². The minimum Gasteiger partial charge on any atom is -0.497 e. The highest BCUT2D eigenvalue weighted by atomic mass is 32.2. The Hall–Kier alpha value is -3.17. The van der Waals surface area contributed by atoms with Crippen LogP contribution in [0.5, 0.6) is 5.75 Å². The molecule has 0 bridgehead atoms. The summed E-state index contributed by atoms with van der Waals surface area (Å²) in [5, 5.41) is 4.93. The van der Waals surface area contributed by atoms with Crippen molar-refractivity contribution < 1.29 is 17.9 Å². The Balaban J connectivity index is 1.60. The standard InChI is InChI=1S/C19H17N3O4S2/c1-26-16-6-2-14(3-7-16)18(23)10-11-20-15-4-8-17(9-5-15)28(24,25)22-19-21-12-13-27-19/h2-13,20H,1H3,(H,21,22). The van der Waals surface area contributed by atoms with Crippen molar-refractivity contribution in [1.82, 2.24) is 4.98 Å². The highest BCUT2D eigenvalue weighted by molar-refractivity contribution is 7.93. The van der Waals surface area contributed by atoms with Gasteiger partial charge >= 0.3 is 0 Å². The van der Waals surface area contributed by atoms with Crippen LogP contribution in [0.15, 0.2) is 77.3 Å². The van der Waals surface area contributed by atoms with Gasteiger partial charge in [0.2, 0.25) is 0 Å². The molecule has 0 fully saturated rings. The van der Waals surface area contributed by atoms with Crippen molar-refractivity contribution >= 4 is 38.0 Å². The lowest BCUT2D eigenvalue weighted by molar-refractivity contribution is 0.104. The fourth-order valence-corrected chi connectivity index (χ4v) is 4.03. The SMILES string of the molecule is COc1ccc(C(=O)C=CNc2ccc(S(=O)(=O)Nc3nccs3)cc2)cc1. The molecule has 1 heterocycles. The van der Waals surface area contributed by atoms with Crippen molar-refractivity contribution in [2.75, 3.05) is 17.1 Å². The number of thiazole rings is 1. The van der Waals surface area contributed by atoms with Gasteiger partial charge in [-0.15, -0.1) is 11.3 Å². The Bertz CT molecular complexity index is 1060. The van der Waals surface area contributed by atoms with Crippen LogP contribution in [0, 0.1) is 0 Å². The summed E-state index contributed by atoms with van der Waals surface area (Å²) in [4.78, 5) is 16.1. The zero-order chi connectivity index (χ0) is 20.0. The third kappa shape index (κ3) is 4.96. The lowest BCUT2D eigenvalue weighted by Gasteiger charge is -2.06. The van der Waals surface area contributed by atoms with Gasteiger partial charge in [0, 0.05) is 35.1 Å². The van der Waals surface area contributed by atoms with E-state index >= 15 is 0 Å². The number of benzene rings is 2. The summed E-state index contributed by atoms with van der Waals surface area (Å²) in [6, 6.07) is 13.0. The van der Waals surface area contributed by atoms with Crippen LogP contribution >= 0.6 is 11.3 Å². The lowest BCUT2D eigenvalue weighted by Crippen LogP contribution is -2.12. The summed E-state index contributed by atoms with van der Waals surface area (Å²) in [5.41, 5.74) is 1.18. The molecule has 3 aromatic rings. The second-order valence-electron chi connectivity index (χ2n) is 5.54. The molecule has 0 aliphatic heterocycles. The number of ketones is 1. The number of nitrogens with one attached hydrogen (secondary N) is 2. The molecular formula is C19H17N3O4S2. The van der Waals surface area contributed by atoms with Crippen LogP contribution in [0.3, 0.4) is 0 Å². The number of hydrogen-bond acceptors (Lipinski definition) is 7. The van der Waals surface area contributed by atoms with Gasteiger partial charge in [-0.05, 0) is 48.5 Å². The fourth-order valence-electron chi connectivity index (χ4n) is 2.24. The van der Waals surface area contributed by atoms with Crippen molar-refractivity contribution in [1.29, 1.82) is 0 Å². The predicted octanol–water partition coefficient (Wildman–Crippen LogP) is 3.76. The topological polar surface area (TPSA) is 97.4 Å². The second kappa shape index (κ2) is 8.68. The molecule has 2 N–H and O–H groups in total. The quantitative estimate of drug-likeness (QED) is 0.429. The van der Waals surface area contributed by atoms with Crippen molar-refractivity contribution in [3.8, 4) is 5.75 Å². The normalized spacial score (nSPS) is 11.3. The number of carbonyl (C=O) groups excluding carboxylic acids is 1. The van der Waals surface area contributed by atoms with E-state index in [0.717, 1.165) is 0 Å². The third-order valence-electron chi connectivity index (χ3n) is 3.68. The van der Waals surface area contributed by atoms with Crippen LogP contribution in [0.1, 0.15) is 10.4 Å². The fraction of sp³-hybridized carbons (Fsp3) is 0.0526. The number of sulfonamides is 1. The molecule has 0 saturated heterocycles. The monoisotopic (exact) mass is 415 g/mol.